The van der Waals surface area contributed by atoms with Gasteiger partial charge in [-0.1, -0.05) is 48.0 Å². The molecular formula is C23H16ClN5O3. The molecule has 4 aromatic rings. The number of hydrogen-bond donors (Lipinski definition) is 1. The summed E-state index contributed by atoms with van der Waals surface area (Å²) in [5.74, 6) is -0.562. The maximum atomic E-state index is 12.3. The maximum Gasteiger partial charge on any atom is 0.271 e. The summed E-state index contributed by atoms with van der Waals surface area (Å²) < 4.78 is 1.72. The molecule has 0 saturated carbocycles. The second-order valence-electron chi connectivity index (χ2n) is 6.73. The average Bonchev–Trinajstić information content (AvgIpc) is 3.24. The van der Waals surface area contributed by atoms with E-state index < -0.39 is 10.8 Å². The van der Waals surface area contributed by atoms with Crippen molar-refractivity contribution in [2.75, 3.05) is 0 Å². The summed E-state index contributed by atoms with van der Waals surface area (Å²) >= 11 is 6.01. The van der Waals surface area contributed by atoms with Crippen LogP contribution in [0, 0.1) is 10.1 Å². The third kappa shape index (κ3) is 4.71. The maximum absolute atomic E-state index is 12.3. The molecule has 32 heavy (non-hydrogen) atoms. The van der Waals surface area contributed by atoms with Gasteiger partial charge in [0, 0.05) is 40.0 Å². The lowest BCUT2D eigenvalue weighted by molar-refractivity contribution is -0.384. The smallest absolute Gasteiger partial charge is 0.267 e. The van der Waals surface area contributed by atoms with Gasteiger partial charge in [0.05, 0.1) is 16.8 Å². The summed E-state index contributed by atoms with van der Waals surface area (Å²) in [5, 5.41) is 20.2. The molecule has 1 heterocycles. The zero-order valence-corrected chi connectivity index (χ0v) is 17.3. The van der Waals surface area contributed by atoms with Gasteiger partial charge in [0.2, 0.25) is 0 Å². The second-order valence-corrected chi connectivity index (χ2v) is 7.16. The van der Waals surface area contributed by atoms with Crippen molar-refractivity contribution >= 4 is 29.4 Å². The van der Waals surface area contributed by atoms with Gasteiger partial charge in [0.25, 0.3) is 11.6 Å². The van der Waals surface area contributed by atoms with Crippen molar-refractivity contribution in [3.8, 4) is 16.9 Å². The number of carbonyl (C=O) groups excluding carboxylic acids is 1. The predicted molar refractivity (Wildman–Crippen MR) is 122 cm³/mol. The van der Waals surface area contributed by atoms with Crippen LogP contribution >= 0.6 is 11.6 Å². The highest BCUT2D eigenvalue weighted by atomic mass is 35.5. The van der Waals surface area contributed by atoms with Crippen LogP contribution in [-0.2, 0) is 0 Å². The molecule has 0 fully saturated rings. The lowest BCUT2D eigenvalue weighted by Crippen LogP contribution is -2.17. The number of benzene rings is 3. The summed E-state index contributed by atoms with van der Waals surface area (Å²) in [7, 11) is 0. The molecule has 9 heteroatoms. The van der Waals surface area contributed by atoms with E-state index >= 15 is 0 Å². The largest absolute Gasteiger partial charge is 0.271 e. The van der Waals surface area contributed by atoms with Gasteiger partial charge >= 0.3 is 0 Å². The molecule has 3 aromatic carbocycles. The van der Waals surface area contributed by atoms with Crippen LogP contribution in [0.2, 0.25) is 5.02 Å². The monoisotopic (exact) mass is 445 g/mol. The topological polar surface area (TPSA) is 102 Å². The first kappa shape index (κ1) is 21.0. The summed E-state index contributed by atoms with van der Waals surface area (Å²) in [6, 6.07) is 22.2. The van der Waals surface area contributed by atoms with Crippen LogP contribution in [-0.4, -0.2) is 26.8 Å². The van der Waals surface area contributed by atoms with Gasteiger partial charge in [-0.2, -0.15) is 10.2 Å². The minimum atomic E-state index is -0.562. The molecule has 4 rings (SSSR count). The van der Waals surface area contributed by atoms with Crippen molar-refractivity contribution in [2.24, 2.45) is 5.10 Å². The van der Waals surface area contributed by atoms with Crippen molar-refractivity contribution in [3.05, 3.63) is 111 Å². The first-order chi connectivity index (χ1) is 15.5. The number of carbonyl (C=O) groups is 1. The predicted octanol–water partition coefficient (Wildman–Crippen LogP) is 4.86. The molecule has 158 valence electrons. The zero-order valence-electron chi connectivity index (χ0n) is 16.6. The molecule has 8 nitrogen and oxygen atoms in total. The molecule has 0 saturated heterocycles. The van der Waals surface area contributed by atoms with Crippen molar-refractivity contribution in [1.29, 1.82) is 0 Å². The number of hydrogen-bond acceptors (Lipinski definition) is 5. The Kier molecular flexibility index (Phi) is 6.05. The van der Waals surface area contributed by atoms with Crippen LogP contribution in [0.1, 0.15) is 15.9 Å². The normalized spacial score (nSPS) is 10.9. The van der Waals surface area contributed by atoms with Gasteiger partial charge in [-0.05, 0) is 30.3 Å². The van der Waals surface area contributed by atoms with E-state index in [4.69, 9.17) is 11.6 Å². The lowest BCUT2D eigenvalue weighted by Gasteiger charge is -2.01. The van der Waals surface area contributed by atoms with E-state index in [0.29, 0.717) is 16.3 Å². The van der Waals surface area contributed by atoms with E-state index in [9.17, 15) is 14.9 Å². The molecule has 0 aliphatic rings. The minimum absolute atomic E-state index is 0.134. The molecular weight excluding hydrogens is 430 g/mol. The Hall–Kier alpha value is -4.30. The molecule has 0 aliphatic heterocycles. The minimum Gasteiger partial charge on any atom is -0.267 e. The average molecular weight is 446 g/mol. The molecule has 1 aromatic heterocycles. The second kappa shape index (κ2) is 9.23. The van der Waals surface area contributed by atoms with E-state index in [1.54, 1.807) is 23.0 Å². The number of hydrazone groups is 1. The number of amides is 1. The number of halogens is 1. The molecule has 0 aliphatic carbocycles. The summed E-state index contributed by atoms with van der Waals surface area (Å²) in [6.07, 6.45) is 3.27. The van der Waals surface area contributed by atoms with Gasteiger partial charge in [-0.25, -0.2) is 10.1 Å². The molecule has 0 unspecified atom stereocenters. The van der Waals surface area contributed by atoms with Gasteiger partial charge in [-0.3, -0.25) is 14.9 Å². The molecule has 0 bridgehead atoms. The highest BCUT2D eigenvalue weighted by Crippen LogP contribution is 2.24. The first-order valence-corrected chi connectivity index (χ1v) is 9.88. The Bertz CT molecular complexity index is 1300. The third-order valence-corrected chi connectivity index (χ3v) is 4.82. The number of nitrogens with zero attached hydrogens (tertiary/aromatic N) is 4. The fourth-order valence-corrected chi connectivity index (χ4v) is 3.14. The summed E-state index contributed by atoms with van der Waals surface area (Å²) in [5.41, 5.74) is 5.37. The van der Waals surface area contributed by atoms with E-state index in [-0.39, 0.29) is 11.3 Å². The highest BCUT2D eigenvalue weighted by molar-refractivity contribution is 6.30. The van der Waals surface area contributed by atoms with E-state index in [1.807, 2.05) is 42.5 Å². The number of para-hydroxylation sites is 1. The fraction of sp³-hybridized carbons (Fsp3) is 0. The SMILES string of the molecule is O=C(N/N=C\c1cn(-c2ccccc2)nc1-c1ccc(Cl)cc1)c1cccc([N+](=O)[O-])c1. The highest BCUT2D eigenvalue weighted by Gasteiger charge is 2.13. The zero-order chi connectivity index (χ0) is 22.5. The van der Waals surface area contributed by atoms with Crippen molar-refractivity contribution in [3.63, 3.8) is 0 Å². The molecule has 0 radical (unpaired) electrons. The Balaban J connectivity index is 1.62. The van der Waals surface area contributed by atoms with Crippen LogP contribution in [0.15, 0.2) is 90.2 Å². The third-order valence-electron chi connectivity index (χ3n) is 4.57. The van der Waals surface area contributed by atoms with Crippen molar-refractivity contribution in [2.45, 2.75) is 0 Å². The van der Waals surface area contributed by atoms with Gasteiger partial charge in [0.1, 0.15) is 5.69 Å². The van der Waals surface area contributed by atoms with Crippen LogP contribution in [0.25, 0.3) is 16.9 Å². The molecule has 0 atom stereocenters. The number of aromatic nitrogens is 2. The van der Waals surface area contributed by atoms with Gasteiger partial charge in [0.15, 0.2) is 0 Å². The van der Waals surface area contributed by atoms with E-state index in [1.165, 1.54) is 30.5 Å². The number of nitrogens with one attached hydrogen (secondary N) is 1. The Morgan fingerprint density at radius 1 is 1.06 bits per heavy atom. The van der Waals surface area contributed by atoms with E-state index in [2.05, 4.69) is 15.6 Å². The number of nitro groups is 1. The van der Waals surface area contributed by atoms with Crippen molar-refractivity contribution < 1.29 is 9.72 Å². The van der Waals surface area contributed by atoms with Crippen LogP contribution < -0.4 is 5.43 Å². The lowest BCUT2D eigenvalue weighted by atomic mass is 10.1. The van der Waals surface area contributed by atoms with Crippen LogP contribution in [0.5, 0.6) is 0 Å². The van der Waals surface area contributed by atoms with Gasteiger partial charge < -0.3 is 0 Å². The Labute approximate surface area is 187 Å². The molecule has 1 N–H and O–H groups in total. The number of rotatable bonds is 6. The first-order valence-electron chi connectivity index (χ1n) is 9.50. The van der Waals surface area contributed by atoms with Gasteiger partial charge in [-0.15, -0.1) is 0 Å². The fourth-order valence-electron chi connectivity index (χ4n) is 3.01. The van der Waals surface area contributed by atoms with Crippen molar-refractivity contribution in [1.82, 2.24) is 15.2 Å². The van der Waals surface area contributed by atoms with Crippen LogP contribution in [0.3, 0.4) is 0 Å². The summed E-state index contributed by atoms with van der Waals surface area (Å²) in [6.45, 7) is 0. The number of nitro benzene ring substituents is 1. The quantitative estimate of drug-likeness (QED) is 0.260. The van der Waals surface area contributed by atoms with Crippen LogP contribution in [0.4, 0.5) is 5.69 Å². The molecule has 1 amide bonds. The number of non-ortho nitro benzene ring substituents is 1. The Morgan fingerprint density at radius 3 is 2.53 bits per heavy atom. The standard InChI is InChI=1S/C23H16ClN5O3/c24-19-11-9-16(10-12-19)22-18(15-28(27-22)20-6-2-1-3-7-20)14-25-26-23(30)17-5-4-8-21(13-17)29(31)32/h1-15H,(H,26,30)/b25-14-. The molecule has 0 spiro atoms. The van der Waals surface area contributed by atoms with E-state index in [0.717, 1.165) is 11.3 Å². The Morgan fingerprint density at radius 2 is 1.81 bits per heavy atom. The summed E-state index contributed by atoms with van der Waals surface area (Å²) in [4.78, 5) is 22.7.